The number of phosphoric ester groups is 2. The fraction of sp³-hybridized carbons (Fsp3) is 0.942. The van der Waals surface area contributed by atoms with Crippen molar-refractivity contribution in [2.24, 2.45) is 11.8 Å². The quantitative estimate of drug-likeness (QED) is 0.0222. The van der Waals surface area contributed by atoms with Crippen LogP contribution in [-0.2, 0) is 65.4 Å². The molecule has 0 aromatic rings. The van der Waals surface area contributed by atoms with Gasteiger partial charge in [-0.2, -0.15) is 0 Å². The van der Waals surface area contributed by atoms with Crippen LogP contribution in [0.25, 0.3) is 0 Å². The highest BCUT2D eigenvalue weighted by molar-refractivity contribution is 7.47. The van der Waals surface area contributed by atoms with E-state index in [0.717, 1.165) is 108 Å². The summed E-state index contributed by atoms with van der Waals surface area (Å²) in [5.41, 5.74) is 0. The Labute approximate surface area is 537 Å². The van der Waals surface area contributed by atoms with Crippen molar-refractivity contribution in [2.75, 3.05) is 39.6 Å². The highest BCUT2D eigenvalue weighted by atomic mass is 31.2. The van der Waals surface area contributed by atoms with Gasteiger partial charge in [-0.25, -0.2) is 9.13 Å². The first kappa shape index (κ1) is 86.1. The van der Waals surface area contributed by atoms with Gasteiger partial charge in [-0.3, -0.25) is 37.3 Å². The normalized spacial score (nSPS) is 14.5. The molecule has 0 aliphatic rings. The van der Waals surface area contributed by atoms with Crippen molar-refractivity contribution in [1.82, 2.24) is 0 Å². The molecule has 0 rings (SSSR count). The first-order valence-electron chi connectivity index (χ1n) is 36.0. The van der Waals surface area contributed by atoms with E-state index in [-0.39, 0.29) is 25.7 Å². The van der Waals surface area contributed by atoms with Crippen LogP contribution in [0.3, 0.4) is 0 Å². The number of aliphatic hydroxyl groups excluding tert-OH is 1. The highest BCUT2D eigenvalue weighted by Crippen LogP contribution is 2.45. The van der Waals surface area contributed by atoms with Gasteiger partial charge in [0.15, 0.2) is 12.2 Å². The maximum atomic E-state index is 13.0. The third-order valence-electron chi connectivity index (χ3n) is 16.3. The lowest BCUT2D eigenvalue weighted by molar-refractivity contribution is -0.161. The molecule has 88 heavy (non-hydrogen) atoms. The van der Waals surface area contributed by atoms with E-state index in [1.54, 1.807) is 0 Å². The molecule has 3 unspecified atom stereocenters. The zero-order chi connectivity index (χ0) is 65.0. The van der Waals surface area contributed by atoms with E-state index in [9.17, 15) is 43.2 Å². The van der Waals surface area contributed by atoms with Crippen molar-refractivity contribution >= 4 is 39.5 Å². The van der Waals surface area contributed by atoms with Crippen LogP contribution in [0.2, 0.25) is 0 Å². The predicted molar refractivity (Wildman–Crippen MR) is 354 cm³/mol. The van der Waals surface area contributed by atoms with Crippen LogP contribution in [-0.4, -0.2) is 96.7 Å². The number of aliphatic hydroxyl groups is 1. The smallest absolute Gasteiger partial charge is 0.462 e. The van der Waals surface area contributed by atoms with Gasteiger partial charge in [0.1, 0.15) is 19.3 Å². The summed E-state index contributed by atoms with van der Waals surface area (Å²) in [7, 11) is -9.89. The van der Waals surface area contributed by atoms with E-state index in [4.69, 9.17) is 37.0 Å². The second kappa shape index (κ2) is 61.3. The monoisotopic (exact) mass is 1300 g/mol. The molecule has 0 aliphatic heterocycles. The van der Waals surface area contributed by atoms with Crippen LogP contribution in [0.15, 0.2) is 0 Å². The molecular formula is C69H134O17P2. The van der Waals surface area contributed by atoms with Gasteiger partial charge in [-0.15, -0.1) is 0 Å². The lowest BCUT2D eigenvalue weighted by Gasteiger charge is -2.21. The van der Waals surface area contributed by atoms with Crippen LogP contribution < -0.4 is 0 Å². The summed E-state index contributed by atoms with van der Waals surface area (Å²) in [5.74, 6) is -0.541. The van der Waals surface area contributed by atoms with Gasteiger partial charge in [0.25, 0.3) is 0 Å². The molecule has 0 spiro atoms. The Morgan fingerprint density at radius 2 is 0.580 bits per heavy atom. The van der Waals surface area contributed by atoms with Gasteiger partial charge >= 0.3 is 39.5 Å². The molecule has 0 amide bonds. The van der Waals surface area contributed by atoms with E-state index < -0.39 is 97.5 Å². The molecule has 0 aromatic heterocycles. The van der Waals surface area contributed by atoms with Gasteiger partial charge in [-0.1, -0.05) is 298 Å². The third kappa shape index (κ3) is 61.6. The van der Waals surface area contributed by atoms with Crippen LogP contribution >= 0.6 is 15.6 Å². The van der Waals surface area contributed by atoms with Gasteiger partial charge in [0.2, 0.25) is 0 Å². The zero-order valence-electron chi connectivity index (χ0n) is 57.0. The summed E-state index contributed by atoms with van der Waals surface area (Å²) in [4.78, 5) is 72.1. The summed E-state index contributed by atoms with van der Waals surface area (Å²) in [6.07, 6.45) is 46.3. The molecule has 522 valence electrons. The average Bonchev–Trinajstić information content (AvgIpc) is 3.70. The Bertz CT molecular complexity index is 1720. The van der Waals surface area contributed by atoms with E-state index in [2.05, 4.69) is 41.5 Å². The second-order valence-corrected chi connectivity index (χ2v) is 28.5. The number of hydrogen-bond donors (Lipinski definition) is 3. The van der Waals surface area contributed by atoms with Crippen molar-refractivity contribution in [3.63, 3.8) is 0 Å². The Hall–Kier alpha value is -1.94. The molecule has 0 bridgehead atoms. The van der Waals surface area contributed by atoms with E-state index in [1.165, 1.54) is 161 Å². The van der Waals surface area contributed by atoms with Crippen molar-refractivity contribution < 1.29 is 80.2 Å². The number of unbranched alkanes of at least 4 members (excludes halogenated alkanes) is 37. The average molecular weight is 1300 g/mol. The molecule has 0 radical (unpaired) electrons. The Morgan fingerprint density at radius 3 is 0.864 bits per heavy atom. The molecule has 0 fully saturated rings. The lowest BCUT2D eigenvalue weighted by atomic mass is 9.99. The van der Waals surface area contributed by atoms with E-state index >= 15 is 0 Å². The molecule has 0 saturated carbocycles. The number of esters is 4. The summed E-state index contributed by atoms with van der Waals surface area (Å²) in [6.45, 7) is 9.48. The molecule has 0 heterocycles. The Balaban J connectivity index is 5.10. The van der Waals surface area contributed by atoms with Gasteiger partial charge < -0.3 is 33.8 Å². The molecule has 0 aliphatic carbocycles. The van der Waals surface area contributed by atoms with E-state index in [1.807, 2.05) is 0 Å². The molecule has 6 atom stereocenters. The van der Waals surface area contributed by atoms with Crippen LogP contribution in [0, 0.1) is 11.8 Å². The topological polar surface area (TPSA) is 237 Å². The fourth-order valence-electron chi connectivity index (χ4n) is 10.4. The standard InChI is InChI=1S/C69H134O17P2/c1-7-10-12-14-15-16-28-35-41-47-53-68(73)85-64(57-79-66(71)51-45-37-13-11-8-2)59-83-87(75,76)81-55-63(70)56-82-88(77,78)84-60-65(58-80-67(72)52-46-40-34-31-30-33-39-44-50-62(6)9-3)86-69(74)54-48-42-36-29-26-24-22-20-18-17-19-21-23-25-27-32-38-43-49-61(4)5/h61-65,70H,7-60H2,1-6H3,(H,75,76)(H,77,78)/t62?,63-,64+,65+/m0/s1. The highest BCUT2D eigenvalue weighted by Gasteiger charge is 2.30. The largest absolute Gasteiger partial charge is 0.472 e. The van der Waals surface area contributed by atoms with Crippen LogP contribution in [0.4, 0.5) is 0 Å². The fourth-order valence-corrected chi connectivity index (χ4v) is 12.0. The number of phosphoric acid groups is 2. The lowest BCUT2D eigenvalue weighted by Crippen LogP contribution is -2.30. The minimum absolute atomic E-state index is 0.105. The van der Waals surface area contributed by atoms with E-state index in [0.29, 0.717) is 25.7 Å². The summed E-state index contributed by atoms with van der Waals surface area (Å²) < 4.78 is 68.0. The van der Waals surface area contributed by atoms with Crippen LogP contribution in [0.1, 0.15) is 350 Å². The maximum absolute atomic E-state index is 13.0. The van der Waals surface area contributed by atoms with Gasteiger partial charge in [0, 0.05) is 25.7 Å². The molecule has 17 nitrogen and oxygen atoms in total. The number of rotatable bonds is 68. The molecule has 19 heteroatoms. The number of carbonyl (C=O) groups is 4. The first-order chi connectivity index (χ1) is 42.4. The van der Waals surface area contributed by atoms with Crippen molar-refractivity contribution in [2.45, 2.75) is 368 Å². The van der Waals surface area contributed by atoms with Crippen molar-refractivity contribution in [3.05, 3.63) is 0 Å². The van der Waals surface area contributed by atoms with Gasteiger partial charge in [0.05, 0.1) is 26.4 Å². The summed E-state index contributed by atoms with van der Waals surface area (Å²) in [5, 5.41) is 10.5. The molecule has 0 aromatic carbocycles. The summed E-state index contributed by atoms with van der Waals surface area (Å²) >= 11 is 0. The molecule has 3 N–H and O–H groups in total. The second-order valence-electron chi connectivity index (χ2n) is 25.6. The van der Waals surface area contributed by atoms with Crippen molar-refractivity contribution in [1.29, 1.82) is 0 Å². The van der Waals surface area contributed by atoms with Gasteiger partial charge in [-0.05, 0) is 37.5 Å². The first-order valence-corrected chi connectivity index (χ1v) is 39.0. The Kier molecular flexibility index (Phi) is 59.9. The SMILES string of the molecule is CCCCCCCCCCCCC(=O)O[C@H](COC(=O)CCCCCCC)COP(=O)(O)OC[C@H](O)COP(=O)(O)OC[C@@H](COC(=O)CCCCCCCCCCC(C)CC)OC(=O)CCCCCCCCCCCCCCCCCCCCC(C)C. The van der Waals surface area contributed by atoms with Crippen LogP contribution in [0.5, 0.6) is 0 Å². The summed E-state index contributed by atoms with van der Waals surface area (Å²) in [6, 6.07) is 0. The maximum Gasteiger partial charge on any atom is 0.472 e. The van der Waals surface area contributed by atoms with Crippen molar-refractivity contribution in [3.8, 4) is 0 Å². The molecule has 0 saturated heterocycles. The minimum Gasteiger partial charge on any atom is -0.462 e. The minimum atomic E-state index is -4.95. The third-order valence-corrected chi connectivity index (χ3v) is 18.2. The Morgan fingerprint density at radius 1 is 0.330 bits per heavy atom. The molecular weight excluding hydrogens is 1160 g/mol. The number of ether oxygens (including phenoxy) is 4. The number of carbonyl (C=O) groups excluding carboxylic acids is 4. The zero-order valence-corrected chi connectivity index (χ0v) is 58.8. The predicted octanol–water partition coefficient (Wildman–Crippen LogP) is 19.6. The number of hydrogen-bond acceptors (Lipinski definition) is 15.